The van der Waals surface area contributed by atoms with Crippen molar-refractivity contribution in [3.8, 4) is 6.07 Å². The second kappa shape index (κ2) is 10.3. The molecule has 0 aromatic heterocycles. The molecule has 0 N–H and O–H groups in total. The van der Waals surface area contributed by atoms with E-state index in [-0.39, 0.29) is 38.9 Å². The molecular weight excluding hydrogens is 365 g/mol. The van der Waals surface area contributed by atoms with Crippen LogP contribution in [-0.2, 0) is 24.5 Å². The van der Waals surface area contributed by atoms with E-state index in [0.717, 1.165) is 0 Å². The summed E-state index contributed by atoms with van der Waals surface area (Å²) in [6.45, 7) is 3.98. The van der Waals surface area contributed by atoms with Gasteiger partial charge in [0.25, 0.3) is 0 Å². The van der Waals surface area contributed by atoms with E-state index in [2.05, 4.69) is 6.07 Å². The number of rotatable bonds is 9. The van der Waals surface area contributed by atoms with Crippen LogP contribution in [0.25, 0.3) is 0 Å². The van der Waals surface area contributed by atoms with E-state index in [4.69, 9.17) is 32.7 Å². The molecule has 0 radical (unpaired) electrons. The van der Waals surface area contributed by atoms with Gasteiger partial charge in [0.05, 0.1) is 34.7 Å². The average Bonchev–Trinajstić information content (AvgIpc) is 2.58. The predicted molar refractivity (Wildman–Crippen MR) is 95.5 cm³/mol. The molecule has 7 heteroatoms. The maximum Gasteiger partial charge on any atom is 0.305 e. The summed E-state index contributed by atoms with van der Waals surface area (Å²) in [7, 11) is 0. The van der Waals surface area contributed by atoms with Crippen molar-refractivity contribution in [2.24, 2.45) is 0 Å². The molecule has 0 aliphatic carbocycles. The quantitative estimate of drug-likeness (QED) is 0.587. The van der Waals surface area contributed by atoms with Crippen molar-refractivity contribution in [2.75, 3.05) is 13.2 Å². The zero-order valence-corrected chi connectivity index (χ0v) is 15.8. The maximum atomic E-state index is 11.7. The zero-order chi connectivity index (χ0) is 18.9. The summed E-state index contributed by atoms with van der Waals surface area (Å²) in [4.78, 5) is 23.5. The molecule has 1 aromatic carbocycles. The predicted octanol–water partition coefficient (Wildman–Crippen LogP) is 4.44. The Hall–Kier alpha value is -1.77. The summed E-state index contributed by atoms with van der Waals surface area (Å²) in [5.74, 6) is -0.781. The van der Waals surface area contributed by atoms with E-state index in [1.165, 1.54) is 0 Å². The Bertz CT molecular complexity index is 633. The van der Waals surface area contributed by atoms with Crippen molar-refractivity contribution in [3.05, 3.63) is 33.8 Å². The van der Waals surface area contributed by atoms with Crippen LogP contribution in [0.4, 0.5) is 0 Å². The molecule has 0 heterocycles. The summed E-state index contributed by atoms with van der Waals surface area (Å²) in [6, 6.07) is 7.14. The van der Waals surface area contributed by atoms with E-state index in [9.17, 15) is 14.9 Å². The topological polar surface area (TPSA) is 76.4 Å². The first-order valence-corrected chi connectivity index (χ1v) is 8.82. The SMILES string of the molecule is CCOC(=O)CCC(C#N)(CCC(=O)OCC)c1ccc(Cl)c(Cl)c1. The lowest BCUT2D eigenvalue weighted by Gasteiger charge is -2.27. The standard InChI is InChI=1S/C18H21Cl2NO4/c1-3-24-16(22)7-9-18(12-21,10-8-17(23)25-4-2)13-5-6-14(19)15(20)11-13/h5-6,11H,3-4,7-10H2,1-2H3. The first kappa shape index (κ1) is 21.3. The summed E-state index contributed by atoms with van der Waals surface area (Å²) >= 11 is 12.0. The fraction of sp³-hybridized carbons (Fsp3) is 0.500. The lowest BCUT2D eigenvalue weighted by Crippen LogP contribution is -2.27. The van der Waals surface area contributed by atoms with Crippen LogP contribution in [0.3, 0.4) is 0 Å². The molecule has 0 spiro atoms. The van der Waals surface area contributed by atoms with Gasteiger partial charge in [0.15, 0.2) is 0 Å². The Labute approximate surface area is 157 Å². The first-order chi connectivity index (χ1) is 11.9. The van der Waals surface area contributed by atoms with Gasteiger partial charge in [0.2, 0.25) is 0 Å². The highest BCUT2D eigenvalue weighted by molar-refractivity contribution is 6.42. The molecule has 0 bridgehead atoms. The molecule has 1 aromatic rings. The Morgan fingerprint density at radius 3 is 1.96 bits per heavy atom. The number of esters is 2. The number of halogens is 2. The van der Waals surface area contributed by atoms with Crippen LogP contribution in [0, 0.1) is 11.3 Å². The maximum absolute atomic E-state index is 11.7. The number of hydrogen-bond donors (Lipinski definition) is 0. The molecule has 0 aliphatic rings. The molecule has 0 amide bonds. The van der Waals surface area contributed by atoms with Crippen LogP contribution in [0.15, 0.2) is 18.2 Å². The van der Waals surface area contributed by atoms with Crippen molar-refractivity contribution in [1.82, 2.24) is 0 Å². The summed E-state index contributed by atoms with van der Waals surface area (Å²) in [6.07, 6.45) is 0.536. The Kier molecular flexibility index (Phi) is 8.74. The van der Waals surface area contributed by atoms with Crippen LogP contribution < -0.4 is 0 Å². The molecule has 25 heavy (non-hydrogen) atoms. The second-order valence-corrected chi connectivity index (χ2v) is 6.25. The van der Waals surface area contributed by atoms with Gasteiger partial charge in [-0.1, -0.05) is 29.3 Å². The second-order valence-electron chi connectivity index (χ2n) is 5.43. The van der Waals surface area contributed by atoms with E-state index in [1.807, 2.05) is 0 Å². The van der Waals surface area contributed by atoms with Gasteiger partial charge in [-0.3, -0.25) is 9.59 Å². The van der Waals surface area contributed by atoms with Crippen molar-refractivity contribution in [1.29, 1.82) is 5.26 Å². The summed E-state index contributed by atoms with van der Waals surface area (Å²) in [5.41, 5.74) is -0.452. The number of carbonyl (C=O) groups is 2. The van der Waals surface area contributed by atoms with Crippen molar-refractivity contribution in [2.45, 2.75) is 44.9 Å². The van der Waals surface area contributed by atoms with Gasteiger partial charge >= 0.3 is 11.9 Å². The normalized spacial score (nSPS) is 10.8. The smallest absolute Gasteiger partial charge is 0.305 e. The Morgan fingerprint density at radius 2 is 1.56 bits per heavy atom. The van der Waals surface area contributed by atoms with Gasteiger partial charge in [-0.2, -0.15) is 5.26 Å². The molecule has 1 rings (SSSR count). The third-order valence-electron chi connectivity index (χ3n) is 3.81. The van der Waals surface area contributed by atoms with Gasteiger partial charge in [0, 0.05) is 12.8 Å². The number of nitrogens with zero attached hydrogens (tertiary/aromatic N) is 1. The molecular formula is C18H21Cl2NO4. The highest BCUT2D eigenvalue weighted by Crippen LogP contribution is 2.37. The fourth-order valence-electron chi connectivity index (χ4n) is 2.48. The van der Waals surface area contributed by atoms with Gasteiger partial charge in [-0.15, -0.1) is 0 Å². The number of ether oxygens (including phenoxy) is 2. The van der Waals surface area contributed by atoms with Crippen LogP contribution in [0.2, 0.25) is 10.0 Å². The van der Waals surface area contributed by atoms with Gasteiger partial charge in [-0.25, -0.2) is 0 Å². The largest absolute Gasteiger partial charge is 0.466 e. The van der Waals surface area contributed by atoms with Gasteiger partial charge in [-0.05, 0) is 44.4 Å². The number of carbonyl (C=O) groups excluding carboxylic acids is 2. The Balaban J connectivity index is 3.08. The van der Waals surface area contributed by atoms with Crippen molar-refractivity contribution >= 4 is 35.1 Å². The molecule has 0 unspecified atom stereocenters. The molecule has 0 saturated carbocycles. The molecule has 0 aliphatic heterocycles. The molecule has 0 atom stereocenters. The minimum Gasteiger partial charge on any atom is -0.466 e. The van der Waals surface area contributed by atoms with Gasteiger partial charge < -0.3 is 9.47 Å². The third kappa shape index (κ3) is 6.22. The van der Waals surface area contributed by atoms with Crippen LogP contribution in [-0.4, -0.2) is 25.2 Å². The highest BCUT2D eigenvalue weighted by Gasteiger charge is 2.34. The van der Waals surface area contributed by atoms with Crippen LogP contribution in [0.5, 0.6) is 0 Å². The fourth-order valence-corrected chi connectivity index (χ4v) is 2.78. The van der Waals surface area contributed by atoms with E-state index >= 15 is 0 Å². The van der Waals surface area contributed by atoms with E-state index in [0.29, 0.717) is 15.6 Å². The van der Waals surface area contributed by atoms with Crippen molar-refractivity contribution < 1.29 is 19.1 Å². The summed E-state index contributed by atoms with van der Waals surface area (Å²) in [5, 5.41) is 10.5. The van der Waals surface area contributed by atoms with Crippen LogP contribution in [0.1, 0.15) is 45.1 Å². The minimum atomic E-state index is -1.06. The highest BCUT2D eigenvalue weighted by atomic mass is 35.5. The summed E-state index contributed by atoms with van der Waals surface area (Å²) < 4.78 is 9.88. The number of hydrogen-bond acceptors (Lipinski definition) is 5. The molecule has 0 fully saturated rings. The number of nitriles is 1. The van der Waals surface area contributed by atoms with Crippen molar-refractivity contribution in [3.63, 3.8) is 0 Å². The lowest BCUT2D eigenvalue weighted by atomic mass is 9.74. The third-order valence-corrected chi connectivity index (χ3v) is 4.55. The van der Waals surface area contributed by atoms with Gasteiger partial charge in [0.1, 0.15) is 0 Å². The van der Waals surface area contributed by atoms with E-state index < -0.39 is 17.4 Å². The zero-order valence-electron chi connectivity index (χ0n) is 14.3. The average molecular weight is 386 g/mol. The Morgan fingerprint density at radius 1 is 1.04 bits per heavy atom. The lowest BCUT2D eigenvalue weighted by molar-refractivity contribution is -0.143. The van der Waals surface area contributed by atoms with E-state index in [1.54, 1.807) is 32.0 Å². The molecule has 5 nitrogen and oxygen atoms in total. The number of benzene rings is 1. The minimum absolute atomic E-state index is 0.0600. The molecule has 136 valence electrons. The van der Waals surface area contributed by atoms with Crippen LogP contribution >= 0.6 is 23.2 Å². The first-order valence-electron chi connectivity index (χ1n) is 8.06. The molecule has 0 saturated heterocycles. The monoisotopic (exact) mass is 385 g/mol.